The molecule has 2 N–H and O–H groups in total. The zero-order valence-electron chi connectivity index (χ0n) is 14.0. The Morgan fingerprint density at radius 2 is 2.08 bits per heavy atom. The number of carbonyl (C=O) groups excluding carboxylic acids is 1. The standard InChI is InChI=1S/C16H22N4O2S2/c1-11-4-6-13(7-5-11)10-18-14(21)12(2)23-16-20-19-15(24-16)17-8-9-22-3/h4-7,12H,8-10H2,1-3H3,(H,17,19)(H,18,21)/t12-/m0/s1. The topological polar surface area (TPSA) is 76.1 Å². The average molecular weight is 367 g/mol. The maximum Gasteiger partial charge on any atom is 0.233 e. The van der Waals surface area contributed by atoms with Crippen molar-refractivity contribution < 1.29 is 9.53 Å². The van der Waals surface area contributed by atoms with Gasteiger partial charge in [-0.15, -0.1) is 10.2 Å². The van der Waals surface area contributed by atoms with Crippen LogP contribution in [0.25, 0.3) is 0 Å². The molecular weight excluding hydrogens is 344 g/mol. The average Bonchev–Trinajstić information content (AvgIpc) is 3.01. The predicted molar refractivity (Wildman–Crippen MR) is 98.6 cm³/mol. The van der Waals surface area contributed by atoms with Crippen LogP contribution in [0.3, 0.4) is 0 Å². The summed E-state index contributed by atoms with van der Waals surface area (Å²) in [4.78, 5) is 12.2. The van der Waals surface area contributed by atoms with E-state index in [0.29, 0.717) is 19.7 Å². The van der Waals surface area contributed by atoms with Gasteiger partial charge in [-0.3, -0.25) is 4.79 Å². The van der Waals surface area contributed by atoms with Gasteiger partial charge in [-0.1, -0.05) is 52.9 Å². The van der Waals surface area contributed by atoms with Gasteiger partial charge in [0.05, 0.1) is 11.9 Å². The van der Waals surface area contributed by atoms with Crippen molar-refractivity contribution in [2.45, 2.75) is 30.0 Å². The minimum absolute atomic E-state index is 0.00957. The molecule has 8 heteroatoms. The largest absolute Gasteiger partial charge is 0.383 e. The third-order valence-corrected chi connectivity index (χ3v) is 5.29. The van der Waals surface area contributed by atoms with Crippen LogP contribution < -0.4 is 10.6 Å². The number of carbonyl (C=O) groups is 1. The summed E-state index contributed by atoms with van der Waals surface area (Å²) in [5, 5.41) is 14.7. The molecule has 0 fully saturated rings. The zero-order valence-corrected chi connectivity index (χ0v) is 15.7. The molecule has 0 aliphatic carbocycles. The number of rotatable bonds is 9. The van der Waals surface area contributed by atoms with Gasteiger partial charge in [0.1, 0.15) is 0 Å². The SMILES string of the molecule is COCCNc1nnc(S[C@@H](C)C(=O)NCc2ccc(C)cc2)s1. The first kappa shape index (κ1) is 18.7. The molecule has 0 bridgehead atoms. The Balaban J connectivity index is 1.77. The van der Waals surface area contributed by atoms with Crippen molar-refractivity contribution in [3.05, 3.63) is 35.4 Å². The van der Waals surface area contributed by atoms with Crippen molar-refractivity contribution in [1.29, 1.82) is 0 Å². The number of methoxy groups -OCH3 is 1. The highest BCUT2D eigenvalue weighted by Gasteiger charge is 2.16. The Morgan fingerprint density at radius 1 is 1.33 bits per heavy atom. The quantitative estimate of drug-likeness (QED) is 0.525. The second-order valence-corrected chi connectivity index (χ2v) is 7.82. The maximum absolute atomic E-state index is 12.2. The van der Waals surface area contributed by atoms with Crippen LogP contribution in [0.4, 0.5) is 5.13 Å². The lowest BCUT2D eigenvalue weighted by molar-refractivity contribution is -0.120. The first-order valence-electron chi connectivity index (χ1n) is 7.64. The molecule has 1 heterocycles. The first-order chi connectivity index (χ1) is 11.6. The maximum atomic E-state index is 12.2. The van der Waals surface area contributed by atoms with Gasteiger partial charge in [-0.25, -0.2) is 0 Å². The van der Waals surface area contributed by atoms with E-state index in [2.05, 4.69) is 20.8 Å². The molecule has 0 radical (unpaired) electrons. The number of nitrogens with zero attached hydrogens (tertiary/aromatic N) is 2. The van der Waals surface area contributed by atoms with E-state index in [0.717, 1.165) is 15.0 Å². The lowest BCUT2D eigenvalue weighted by Gasteiger charge is -2.10. The zero-order chi connectivity index (χ0) is 17.4. The number of hydrogen-bond acceptors (Lipinski definition) is 7. The summed E-state index contributed by atoms with van der Waals surface area (Å²) in [6.07, 6.45) is 0. The Bertz CT molecular complexity index is 646. The van der Waals surface area contributed by atoms with E-state index in [-0.39, 0.29) is 11.2 Å². The molecule has 0 spiro atoms. The van der Waals surface area contributed by atoms with Crippen LogP contribution in [0, 0.1) is 6.92 Å². The number of ether oxygens (including phenoxy) is 1. The number of benzene rings is 1. The van der Waals surface area contributed by atoms with Gasteiger partial charge in [0.25, 0.3) is 0 Å². The molecule has 130 valence electrons. The number of aryl methyl sites for hydroxylation is 1. The second kappa shape index (κ2) is 9.61. The van der Waals surface area contributed by atoms with E-state index in [9.17, 15) is 4.79 Å². The molecule has 1 aromatic carbocycles. The van der Waals surface area contributed by atoms with Crippen molar-refractivity contribution in [2.75, 3.05) is 25.6 Å². The van der Waals surface area contributed by atoms with Crippen molar-refractivity contribution in [2.24, 2.45) is 0 Å². The molecule has 2 rings (SSSR count). The monoisotopic (exact) mass is 366 g/mol. The Hall–Kier alpha value is -1.64. The van der Waals surface area contributed by atoms with Crippen LogP contribution in [0.15, 0.2) is 28.6 Å². The van der Waals surface area contributed by atoms with Gasteiger partial charge in [-0.05, 0) is 19.4 Å². The fraction of sp³-hybridized carbons (Fsp3) is 0.438. The van der Waals surface area contributed by atoms with Crippen molar-refractivity contribution in [3.63, 3.8) is 0 Å². The van der Waals surface area contributed by atoms with Gasteiger partial charge in [0.2, 0.25) is 11.0 Å². The van der Waals surface area contributed by atoms with Crippen molar-refractivity contribution in [3.8, 4) is 0 Å². The summed E-state index contributed by atoms with van der Waals surface area (Å²) in [5.74, 6) is -0.00957. The van der Waals surface area contributed by atoms with Crippen LogP contribution in [0.5, 0.6) is 0 Å². The second-order valence-electron chi connectivity index (χ2n) is 5.26. The predicted octanol–water partition coefficient (Wildman–Crippen LogP) is 2.70. The third-order valence-electron chi connectivity index (χ3n) is 3.22. The van der Waals surface area contributed by atoms with Crippen LogP contribution in [-0.2, 0) is 16.1 Å². The fourth-order valence-corrected chi connectivity index (χ4v) is 3.78. The third kappa shape index (κ3) is 6.10. The molecular formula is C16H22N4O2S2. The van der Waals surface area contributed by atoms with Crippen LogP contribution >= 0.6 is 23.1 Å². The highest BCUT2D eigenvalue weighted by molar-refractivity contribution is 8.02. The Labute approximate surface area is 150 Å². The van der Waals surface area contributed by atoms with E-state index in [1.807, 2.05) is 38.1 Å². The molecule has 2 aromatic rings. The summed E-state index contributed by atoms with van der Waals surface area (Å²) in [5.41, 5.74) is 2.30. The van der Waals surface area contributed by atoms with Crippen molar-refractivity contribution in [1.82, 2.24) is 15.5 Å². The van der Waals surface area contributed by atoms with Gasteiger partial charge in [0, 0.05) is 20.2 Å². The normalized spacial score (nSPS) is 12.0. The minimum atomic E-state index is -0.227. The highest BCUT2D eigenvalue weighted by atomic mass is 32.2. The molecule has 0 unspecified atom stereocenters. The number of hydrogen-bond donors (Lipinski definition) is 2. The lowest BCUT2D eigenvalue weighted by atomic mass is 10.1. The van der Waals surface area contributed by atoms with Crippen molar-refractivity contribution >= 4 is 34.1 Å². The van der Waals surface area contributed by atoms with Gasteiger partial charge < -0.3 is 15.4 Å². The number of amides is 1. The summed E-state index contributed by atoms with van der Waals surface area (Å²) in [6.45, 7) is 5.74. The van der Waals surface area contributed by atoms with Crippen LogP contribution in [-0.4, -0.2) is 41.6 Å². The summed E-state index contributed by atoms with van der Waals surface area (Å²) < 4.78 is 5.74. The molecule has 0 aliphatic rings. The Morgan fingerprint density at radius 3 is 2.79 bits per heavy atom. The molecule has 24 heavy (non-hydrogen) atoms. The number of aromatic nitrogens is 2. The first-order valence-corrected chi connectivity index (χ1v) is 9.34. The molecule has 1 aromatic heterocycles. The Kier molecular flexibility index (Phi) is 7.48. The number of thioether (sulfide) groups is 1. The molecule has 0 saturated carbocycles. The van der Waals surface area contributed by atoms with Gasteiger partial charge in [0.15, 0.2) is 4.34 Å². The summed E-state index contributed by atoms with van der Waals surface area (Å²) in [6, 6.07) is 8.13. The number of anilines is 1. The highest BCUT2D eigenvalue weighted by Crippen LogP contribution is 2.28. The lowest BCUT2D eigenvalue weighted by Crippen LogP contribution is -2.30. The van der Waals surface area contributed by atoms with Gasteiger partial charge >= 0.3 is 0 Å². The molecule has 1 amide bonds. The van der Waals surface area contributed by atoms with E-state index >= 15 is 0 Å². The smallest absolute Gasteiger partial charge is 0.233 e. The molecule has 0 saturated heterocycles. The van der Waals surface area contributed by atoms with E-state index in [1.165, 1.54) is 28.7 Å². The fourth-order valence-electron chi connectivity index (χ4n) is 1.83. The minimum Gasteiger partial charge on any atom is -0.383 e. The summed E-state index contributed by atoms with van der Waals surface area (Å²) in [7, 11) is 1.65. The van der Waals surface area contributed by atoms with E-state index in [4.69, 9.17) is 4.74 Å². The molecule has 6 nitrogen and oxygen atoms in total. The van der Waals surface area contributed by atoms with Gasteiger partial charge in [-0.2, -0.15) is 0 Å². The van der Waals surface area contributed by atoms with E-state index < -0.39 is 0 Å². The van der Waals surface area contributed by atoms with Crippen LogP contribution in [0.2, 0.25) is 0 Å². The van der Waals surface area contributed by atoms with Crippen LogP contribution in [0.1, 0.15) is 18.1 Å². The summed E-state index contributed by atoms with van der Waals surface area (Å²) >= 11 is 2.85. The number of nitrogens with one attached hydrogen (secondary N) is 2. The van der Waals surface area contributed by atoms with E-state index in [1.54, 1.807) is 7.11 Å². The molecule has 1 atom stereocenters. The molecule has 0 aliphatic heterocycles.